The molecule has 2 aromatic carbocycles. The van der Waals surface area contributed by atoms with Gasteiger partial charge in [0.15, 0.2) is 6.61 Å². The Balaban J connectivity index is 1.50. The number of para-hydroxylation sites is 1. The van der Waals surface area contributed by atoms with Gasteiger partial charge in [-0.25, -0.2) is 4.79 Å². The van der Waals surface area contributed by atoms with Crippen LogP contribution in [0.25, 0.3) is 0 Å². The van der Waals surface area contributed by atoms with Crippen LogP contribution in [0.2, 0.25) is 5.02 Å². The van der Waals surface area contributed by atoms with Crippen molar-refractivity contribution in [3.05, 3.63) is 64.7 Å². The zero-order chi connectivity index (χ0) is 22.9. The quantitative estimate of drug-likeness (QED) is 0.557. The van der Waals surface area contributed by atoms with Crippen molar-refractivity contribution in [1.29, 1.82) is 0 Å². The molecule has 0 N–H and O–H groups in total. The first-order valence-electron chi connectivity index (χ1n) is 10.6. The van der Waals surface area contributed by atoms with Crippen LogP contribution in [0.15, 0.2) is 48.5 Å². The molecular formula is C24H26ClNO6. The number of benzene rings is 2. The van der Waals surface area contributed by atoms with Gasteiger partial charge < -0.3 is 19.1 Å². The average Bonchev–Trinajstić information content (AvgIpc) is 2.82. The van der Waals surface area contributed by atoms with Crippen LogP contribution in [-0.2, 0) is 25.7 Å². The van der Waals surface area contributed by atoms with Gasteiger partial charge in [0, 0.05) is 18.1 Å². The predicted molar refractivity (Wildman–Crippen MR) is 118 cm³/mol. The Bertz CT molecular complexity index is 938. The van der Waals surface area contributed by atoms with Gasteiger partial charge in [-0.1, -0.05) is 35.9 Å². The van der Waals surface area contributed by atoms with Gasteiger partial charge in [0.05, 0.1) is 12.5 Å². The predicted octanol–water partition coefficient (Wildman–Crippen LogP) is 3.88. The highest BCUT2D eigenvalue weighted by atomic mass is 35.5. The molecule has 1 amide bonds. The van der Waals surface area contributed by atoms with Crippen LogP contribution in [0.3, 0.4) is 0 Å². The molecule has 7 nitrogen and oxygen atoms in total. The summed E-state index contributed by atoms with van der Waals surface area (Å²) in [7, 11) is 0. The Labute approximate surface area is 192 Å². The highest BCUT2D eigenvalue weighted by Gasteiger charge is 2.28. The maximum Gasteiger partial charge on any atom is 0.342 e. The zero-order valence-electron chi connectivity index (χ0n) is 17.9. The number of carbonyl (C=O) groups excluding carboxylic acids is 3. The molecule has 32 heavy (non-hydrogen) atoms. The van der Waals surface area contributed by atoms with E-state index in [0.29, 0.717) is 43.3 Å². The number of rotatable bonds is 8. The standard InChI is InChI=1S/C24H26ClNO6/c1-2-30-23(28)18-11-13-26(14-12-18)22(27)16-32-24(29)20-5-3-4-6-21(20)31-15-17-7-9-19(25)10-8-17/h3-10,18H,2,11-16H2,1H3. The number of ether oxygens (including phenoxy) is 3. The minimum Gasteiger partial charge on any atom is -0.488 e. The molecule has 0 spiro atoms. The van der Waals surface area contributed by atoms with Gasteiger partial charge in [-0.2, -0.15) is 0 Å². The third-order valence-electron chi connectivity index (χ3n) is 5.21. The number of esters is 2. The van der Waals surface area contributed by atoms with E-state index in [1.165, 1.54) is 0 Å². The van der Waals surface area contributed by atoms with Crippen LogP contribution in [0, 0.1) is 5.92 Å². The number of carbonyl (C=O) groups is 3. The summed E-state index contributed by atoms with van der Waals surface area (Å²) in [6.45, 7) is 2.87. The fourth-order valence-corrected chi connectivity index (χ4v) is 3.55. The molecule has 3 rings (SSSR count). The molecule has 1 saturated heterocycles. The molecule has 0 aromatic heterocycles. The van der Waals surface area contributed by atoms with Crippen molar-refractivity contribution in [3.63, 3.8) is 0 Å². The van der Waals surface area contributed by atoms with E-state index in [1.807, 2.05) is 12.1 Å². The molecular weight excluding hydrogens is 434 g/mol. The molecule has 2 aromatic rings. The highest BCUT2D eigenvalue weighted by Crippen LogP contribution is 2.22. The topological polar surface area (TPSA) is 82.1 Å². The maximum atomic E-state index is 12.6. The van der Waals surface area contributed by atoms with Crippen LogP contribution >= 0.6 is 11.6 Å². The van der Waals surface area contributed by atoms with Crippen LogP contribution in [0.4, 0.5) is 0 Å². The number of amides is 1. The minimum absolute atomic E-state index is 0.189. The second-order valence-corrected chi connectivity index (χ2v) is 7.83. The smallest absolute Gasteiger partial charge is 0.342 e. The molecule has 1 aliphatic heterocycles. The number of nitrogens with zero attached hydrogens (tertiary/aromatic N) is 1. The van der Waals surface area contributed by atoms with Gasteiger partial charge >= 0.3 is 11.9 Å². The fraction of sp³-hybridized carbons (Fsp3) is 0.375. The second-order valence-electron chi connectivity index (χ2n) is 7.39. The summed E-state index contributed by atoms with van der Waals surface area (Å²) in [6, 6.07) is 13.9. The normalized spacial score (nSPS) is 14.0. The first-order valence-corrected chi connectivity index (χ1v) is 10.9. The van der Waals surface area contributed by atoms with E-state index < -0.39 is 5.97 Å². The van der Waals surface area contributed by atoms with E-state index in [4.69, 9.17) is 25.8 Å². The Kier molecular flexibility index (Phi) is 8.50. The lowest BCUT2D eigenvalue weighted by Gasteiger charge is -2.30. The number of hydrogen-bond donors (Lipinski definition) is 0. The molecule has 0 unspecified atom stereocenters. The molecule has 0 atom stereocenters. The lowest BCUT2D eigenvalue weighted by atomic mass is 9.97. The average molecular weight is 460 g/mol. The van der Waals surface area contributed by atoms with Gasteiger partial charge in [-0.05, 0) is 49.6 Å². The Morgan fingerprint density at radius 2 is 1.69 bits per heavy atom. The van der Waals surface area contributed by atoms with E-state index in [2.05, 4.69) is 0 Å². The van der Waals surface area contributed by atoms with Gasteiger partial charge in [-0.3, -0.25) is 9.59 Å². The first-order chi connectivity index (χ1) is 15.5. The van der Waals surface area contributed by atoms with Crippen molar-refractivity contribution in [2.24, 2.45) is 5.92 Å². The largest absolute Gasteiger partial charge is 0.488 e. The van der Waals surface area contributed by atoms with Gasteiger partial charge in [0.25, 0.3) is 5.91 Å². The highest BCUT2D eigenvalue weighted by molar-refractivity contribution is 6.30. The van der Waals surface area contributed by atoms with Crippen molar-refractivity contribution >= 4 is 29.4 Å². The number of piperidine rings is 1. The van der Waals surface area contributed by atoms with Crippen molar-refractivity contribution in [3.8, 4) is 5.75 Å². The van der Waals surface area contributed by atoms with Crippen molar-refractivity contribution in [1.82, 2.24) is 4.90 Å². The lowest BCUT2D eigenvalue weighted by molar-refractivity contribution is -0.151. The first kappa shape index (κ1) is 23.6. The van der Waals surface area contributed by atoms with Crippen molar-refractivity contribution < 1.29 is 28.6 Å². The number of hydrogen-bond acceptors (Lipinski definition) is 6. The molecule has 1 fully saturated rings. The van der Waals surface area contributed by atoms with E-state index in [9.17, 15) is 14.4 Å². The van der Waals surface area contributed by atoms with Gasteiger partial charge in [0.2, 0.25) is 0 Å². The fourth-order valence-electron chi connectivity index (χ4n) is 3.42. The summed E-state index contributed by atoms with van der Waals surface area (Å²) in [6.07, 6.45) is 1.08. The van der Waals surface area contributed by atoms with E-state index in [1.54, 1.807) is 48.2 Å². The molecule has 0 bridgehead atoms. The molecule has 8 heteroatoms. The Hall–Kier alpha value is -3.06. The van der Waals surface area contributed by atoms with E-state index in [-0.39, 0.29) is 36.6 Å². The number of likely N-dealkylation sites (tertiary alicyclic amines) is 1. The summed E-state index contributed by atoms with van der Waals surface area (Å²) >= 11 is 5.89. The monoisotopic (exact) mass is 459 g/mol. The minimum atomic E-state index is -0.633. The molecule has 0 radical (unpaired) electrons. The Morgan fingerprint density at radius 1 is 1.00 bits per heavy atom. The van der Waals surface area contributed by atoms with Gasteiger partial charge in [-0.15, -0.1) is 0 Å². The van der Waals surface area contributed by atoms with Crippen molar-refractivity contribution in [2.75, 3.05) is 26.3 Å². The van der Waals surface area contributed by atoms with Gasteiger partial charge in [0.1, 0.15) is 17.9 Å². The summed E-state index contributed by atoms with van der Waals surface area (Å²) in [5.74, 6) is -0.964. The molecule has 1 heterocycles. The second kappa shape index (κ2) is 11.5. The van der Waals surface area contributed by atoms with Crippen LogP contribution in [-0.4, -0.2) is 49.0 Å². The maximum absolute atomic E-state index is 12.6. The summed E-state index contributed by atoms with van der Waals surface area (Å²) in [5.41, 5.74) is 1.15. The molecule has 0 saturated carbocycles. The van der Waals surface area contributed by atoms with Crippen LogP contribution in [0.5, 0.6) is 5.75 Å². The SMILES string of the molecule is CCOC(=O)C1CCN(C(=O)COC(=O)c2ccccc2OCc2ccc(Cl)cc2)CC1. The molecule has 1 aliphatic rings. The van der Waals surface area contributed by atoms with E-state index in [0.717, 1.165) is 5.56 Å². The third-order valence-corrected chi connectivity index (χ3v) is 5.46. The summed E-state index contributed by atoms with van der Waals surface area (Å²) in [5, 5.41) is 0.632. The van der Waals surface area contributed by atoms with Crippen molar-refractivity contribution in [2.45, 2.75) is 26.4 Å². The van der Waals surface area contributed by atoms with Crippen LogP contribution in [0.1, 0.15) is 35.7 Å². The van der Waals surface area contributed by atoms with E-state index >= 15 is 0 Å². The summed E-state index contributed by atoms with van der Waals surface area (Å²) in [4.78, 5) is 38.4. The Morgan fingerprint density at radius 3 is 2.38 bits per heavy atom. The number of halogens is 1. The summed E-state index contributed by atoms with van der Waals surface area (Å²) < 4.78 is 16.1. The molecule has 0 aliphatic carbocycles. The third kappa shape index (κ3) is 6.47. The lowest BCUT2D eigenvalue weighted by Crippen LogP contribution is -2.42. The molecule has 170 valence electrons. The van der Waals surface area contributed by atoms with Crippen LogP contribution < -0.4 is 4.74 Å². The zero-order valence-corrected chi connectivity index (χ0v) is 18.7.